The summed E-state index contributed by atoms with van der Waals surface area (Å²) in [6, 6.07) is 19.1. The number of aryl methyl sites for hydroxylation is 1. The number of carbonyl (C=O) groups is 1. The van der Waals surface area contributed by atoms with Crippen molar-refractivity contribution in [2.75, 3.05) is 19.6 Å². The monoisotopic (exact) mass is 403 g/mol. The zero-order valence-corrected chi connectivity index (χ0v) is 18.4. The number of aromatic nitrogens is 1. The van der Waals surface area contributed by atoms with E-state index >= 15 is 0 Å². The molecule has 158 valence electrons. The maximum absolute atomic E-state index is 13.3. The minimum absolute atomic E-state index is 0.114. The van der Waals surface area contributed by atoms with Gasteiger partial charge in [-0.3, -0.25) is 9.69 Å². The summed E-state index contributed by atoms with van der Waals surface area (Å²) in [5, 5.41) is 1.09. The average Bonchev–Trinajstić information content (AvgIpc) is 3.17. The highest BCUT2D eigenvalue weighted by Crippen LogP contribution is 2.23. The molecule has 1 aromatic heterocycles. The predicted octanol–water partition coefficient (Wildman–Crippen LogP) is 5.24. The summed E-state index contributed by atoms with van der Waals surface area (Å²) >= 11 is 0. The Bertz CT molecular complexity index is 965. The number of para-hydroxylation sites is 1. The lowest BCUT2D eigenvalue weighted by molar-refractivity contribution is 0.0620. The van der Waals surface area contributed by atoms with Crippen molar-refractivity contribution in [1.82, 2.24) is 14.8 Å². The van der Waals surface area contributed by atoms with Gasteiger partial charge in [0, 0.05) is 30.0 Å². The molecule has 0 unspecified atom stereocenters. The largest absolute Gasteiger partial charge is 0.351 e. The van der Waals surface area contributed by atoms with Gasteiger partial charge in [-0.15, -0.1) is 0 Å². The van der Waals surface area contributed by atoms with Crippen molar-refractivity contribution < 1.29 is 4.79 Å². The van der Waals surface area contributed by atoms with Crippen LogP contribution in [0.5, 0.6) is 0 Å². The third kappa shape index (κ3) is 4.76. The molecule has 1 aliphatic rings. The second-order valence-electron chi connectivity index (χ2n) is 9.03. The van der Waals surface area contributed by atoms with Crippen LogP contribution in [-0.2, 0) is 6.54 Å². The maximum Gasteiger partial charge on any atom is 0.270 e. The Balaban J connectivity index is 1.36. The molecule has 2 heterocycles. The number of likely N-dealkylation sites (tertiary alicyclic amines) is 1. The van der Waals surface area contributed by atoms with Gasteiger partial charge in [0.25, 0.3) is 5.91 Å². The summed E-state index contributed by atoms with van der Waals surface area (Å²) in [7, 11) is 0. The maximum atomic E-state index is 13.3. The highest BCUT2D eigenvalue weighted by molar-refractivity contribution is 5.98. The smallest absolute Gasteiger partial charge is 0.270 e. The predicted molar refractivity (Wildman–Crippen MR) is 124 cm³/mol. The molecule has 1 fully saturated rings. The number of benzene rings is 2. The van der Waals surface area contributed by atoms with Crippen LogP contribution in [0.3, 0.4) is 0 Å². The van der Waals surface area contributed by atoms with Crippen LogP contribution in [0.25, 0.3) is 10.9 Å². The van der Waals surface area contributed by atoms with Gasteiger partial charge in [0.05, 0.1) is 0 Å². The molecule has 0 bridgehead atoms. The highest BCUT2D eigenvalue weighted by Gasteiger charge is 2.26. The number of aromatic amines is 1. The normalized spacial score (nSPS) is 15.7. The molecule has 0 radical (unpaired) electrons. The second kappa shape index (κ2) is 9.05. The Morgan fingerprint density at radius 2 is 1.87 bits per heavy atom. The Kier molecular flexibility index (Phi) is 6.24. The third-order valence-electron chi connectivity index (χ3n) is 6.30. The molecule has 1 saturated heterocycles. The van der Waals surface area contributed by atoms with Gasteiger partial charge in [0.1, 0.15) is 5.69 Å². The summed E-state index contributed by atoms with van der Waals surface area (Å²) in [5.41, 5.74) is 4.44. The van der Waals surface area contributed by atoms with Gasteiger partial charge >= 0.3 is 0 Å². The van der Waals surface area contributed by atoms with Crippen molar-refractivity contribution in [3.8, 4) is 0 Å². The molecule has 30 heavy (non-hydrogen) atoms. The highest BCUT2D eigenvalue weighted by atomic mass is 16.2. The molecule has 1 aliphatic heterocycles. The molecule has 2 aromatic carbocycles. The number of nitrogens with one attached hydrogen (secondary N) is 1. The summed E-state index contributed by atoms with van der Waals surface area (Å²) in [6.07, 6.45) is 2.30. The van der Waals surface area contributed by atoms with Gasteiger partial charge < -0.3 is 9.88 Å². The van der Waals surface area contributed by atoms with E-state index in [1.54, 1.807) is 0 Å². The quantitative estimate of drug-likeness (QED) is 0.611. The standard InChI is InChI=1S/C26H33N3O/c1-19(2)29(26(30)25-16-23-9-4-5-10-24(23)27-25)18-21-11-13-28(14-12-21)17-22-8-6-7-20(3)15-22/h4-10,15-16,19,21,27H,11-14,17-18H2,1-3H3. The van der Waals surface area contributed by atoms with E-state index < -0.39 is 0 Å². The molecule has 3 aromatic rings. The van der Waals surface area contributed by atoms with Crippen LogP contribution in [0.4, 0.5) is 0 Å². The Labute approximate surface area is 179 Å². The van der Waals surface area contributed by atoms with Gasteiger partial charge in [0.15, 0.2) is 0 Å². The van der Waals surface area contributed by atoms with E-state index in [4.69, 9.17) is 0 Å². The summed E-state index contributed by atoms with van der Waals surface area (Å²) in [4.78, 5) is 21.2. The van der Waals surface area contributed by atoms with Crippen LogP contribution in [0, 0.1) is 12.8 Å². The van der Waals surface area contributed by atoms with E-state index in [0.717, 1.165) is 49.9 Å². The zero-order valence-electron chi connectivity index (χ0n) is 18.4. The van der Waals surface area contributed by atoms with E-state index in [-0.39, 0.29) is 11.9 Å². The van der Waals surface area contributed by atoms with Crippen molar-refractivity contribution in [1.29, 1.82) is 0 Å². The first-order valence-electron chi connectivity index (χ1n) is 11.2. The van der Waals surface area contributed by atoms with Crippen LogP contribution in [0.2, 0.25) is 0 Å². The van der Waals surface area contributed by atoms with E-state index in [1.165, 1.54) is 11.1 Å². The number of nitrogens with zero attached hydrogens (tertiary/aromatic N) is 2. The molecule has 1 amide bonds. The van der Waals surface area contributed by atoms with Crippen molar-refractivity contribution in [2.24, 2.45) is 5.92 Å². The lowest BCUT2D eigenvalue weighted by atomic mass is 9.95. The number of hydrogen-bond acceptors (Lipinski definition) is 2. The SMILES string of the molecule is Cc1cccc(CN2CCC(CN(C(=O)c3cc4ccccc4[nH]3)C(C)C)CC2)c1. The van der Waals surface area contributed by atoms with Crippen molar-refractivity contribution in [3.63, 3.8) is 0 Å². The number of rotatable bonds is 6. The number of fused-ring (bicyclic) bond motifs is 1. The van der Waals surface area contributed by atoms with Crippen LogP contribution in [-0.4, -0.2) is 46.4 Å². The van der Waals surface area contributed by atoms with E-state index in [9.17, 15) is 4.79 Å². The topological polar surface area (TPSA) is 39.3 Å². The van der Waals surface area contributed by atoms with Crippen molar-refractivity contribution in [2.45, 2.75) is 46.2 Å². The lowest BCUT2D eigenvalue weighted by Crippen LogP contribution is -2.43. The van der Waals surface area contributed by atoms with Gasteiger partial charge in [-0.05, 0) is 70.3 Å². The molecule has 4 rings (SSSR count). The third-order valence-corrected chi connectivity index (χ3v) is 6.30. The van der Waals surface area contributed by atoms with Crippen LogP contribution < -0.4 is 0 Å². The fourth-order valence-corrected chi connectivity index (χ4v) is 4.55. The number of amides is 1. The number of carbonyl (C=O) groups excluding carboxylic acids is 1. The van der Waals surface area contributed by atoms with E-state index in [2.05, 4.69) is 54.9 Å². The van der Waals surface area contributed by atoms with E-state index in [1.807, 2.05) is 35.2 Å². The molecule has 0 aliphatic carbocycles. The Morgan fingerprint density at radius 1 is 1.10 bits per heavy atom. The number of hydrogen-bond donors (Lipinski definition) is 1. The fourth-order valence-electron chi connectivity index (χ4n) is 4.55. The molecule has 1 N–H and O–H groups in total. The van der Waals surface area contributed by atoms with Crippen molar-refractivity contribution in [3.05, 3.63) is 71.4 Å². The summed E-state index contributed by atoms with van der Waals surface area (Å²) in [6.45, 7) is 10.5. The minimum Gasteiger partial charge on any atom is -0.351 e. The minimum atomic E-state index is 0.114. The van der Waals surface area contributed by atoms with Gasteiger partial charge in [-0.25, -0.2) is 0 Å². The first-order valence-corrected chi connectivity index (χ1v) is 11.2. The first-order chi connectivity index (χ1) is 14.5. The lowest BCUT2D eigenvalue weighted by Gasteiger charge is -2.36. The van der Waals surface area contributed by atoms with Crippen molar-refractivity contribution >= 4 is 16.8 Å². The summed E-state index contributed by atoms with van der Waals surface area (Å²) < 4.78 is 0. The molecule has 0 saturated carbocycles. The second-order valence-corrected chi connectivity index (χ2v) is 9.03. The van der Waals surface area contributed by atoms with Gasteiger partial charge in [-0.2, -0.15) is 0 Å². The number of piperidine rings is 1. The van der Waals surface area contributed by atoms with Crippen LogP contribution in [0.1, 0.15) is 48.3 Å². The van der Waals surface area contributed by atoms with E-state index in [0.29, 0.717) is 11.6 Å². The van der Waals surface area contributed by atoms with Gasteiger partial charge in [0.2, 0.25) is 0 Å². The summed E-state index contributed by atoms with van der Waals surface area (Å²) in [5.74, 6) is 0.679. The Hall–Kier alpha value is -2.59. The van der Waals surface area contributed by atoms with Crippen LogP contribution in [0.15, 0.2) is 54.6 Å². The average molecular weight is 404 g/mol. The molecule has 0 spiro atoms. The fraction of sp³-hybridized carbons (Fsp3) is 0.423. The Morgan fingerprint density at radius 3 is 2.57 bits per heavy atom. The molecular formula is C26H33N3O. The zero-order chi connectivity index (χ0) is 21.1. The first kappa shape index (κ1) is 20.7. The molecule has 0 atom stereocenters. The number of H-pyrrole nitrogens is 1. The molecular weight excluding hydrogens is 370 g/mol. The van der Waals surface area contributed by atoms with Gasteiger partial charge in [-0.1, -0.05) is 48.0 Å². The molecule has 4 heteroatoms. The van der Waals surface area contributed by atoms with Crippen LogP contribution >= 0.6 is 0 Å². The molecule has 4 nitrogen and oxygen atoms in total.